The highest BCUT2D eigenvalue weighted by Crippen LogP contribution is 2.36. The van der Waals surface area contributed by atoms with Crippen molar-refractivity contribution in [3.63, 3.8) is 0 Å². The molecule has 0 heterocycles. The third-order valence-corrected chi connectivity index (χ3v) is 3.50. The van der Waals surface area contributed by atoms with Crippen molar-refractivity contribution in [3.05, 3.63) is 58.6 Å². The fourth-order valence-corrected chi connectivity index (χ4v) is 2.34. The van der Waals surface area contributed by atoms with Crippen molar-refractivity contribution in [1.82, 2.24) is 0 Å². The largest absolute Gasteiger partial charge is 0.750 e. The molecule has 1 unspecified atom stereocenters. The van der Waals surface area contributed by atoms with Gasteiger partial charge in [0.1, 0.15) is 6.61 Å². The highest BCUT2D eigenvalue weighted by atomic mass is 31.1. The number of benzene rings is 2. The SMILES string of the molecule is CCO[P+](=O)Oc1ccccc1-c1ccc([N+](=O)[O-])cc1. The molecule has 0 saturated carbocycles. The van der Waals surface area contributed by atoms with Gasteiger partial charge < -0.3 is 0 Å². The van der Waals surface area contributed by atoms with Crippen LogP contribution in [-0.4, -0.2) is 11.5 Å². The molecular weight excluding hydrogens is 293 g/mol. The van der Waals surface area contributed by atoms with Crippen LogP contribution in [0.15, 0.2) is 48.5 Å². The predicted molar refractivity (Wildman–Crippen MR) is 78.4 cm³/mol. The second-order valence-corrected chi connectivity index (χ2v) is 4.92. The fourth-order valence-electron chi connectivity index (χ4n) is 1.76. The van der Waals surface area contributed by atoms with E-state index in [0.717, 1.165) is 5.56 Å². The zero-order valence-electron chi connectivity index (χ0n) is 11.3. The van der Waals surface area contributed by atoms with Gasteiger partial charge in [0.05, 0.1) is 4.92 Å². The molecule has 2 aromatic rings. The number of non-ortho nitro benzene ring substituents is 1. The third kappa shape index (κ3) is 3.84. The lowest BCUT2D eigenvalue weighted by molar-refractivity contribution is -0.384. The molecule has 1 atom stereocenters. The number of rotatable bonds is 6. The van der Waals surface area contributed by atoms with Crippen molar-refractivity contribution in [2.24, 2.45) is 0 Å². The van der Waals surface area contributed by atoms with Crippen LogP contribution in [0.4, 0.5) is 5.69 Å². The van der Waals surface area contributed by atoms with Crippen LogP contribution >= 0.6 is 8.25 Å². The Morgan fingerprint density at radius 2 is 1.81 bits per heavy atom. The van der Waals surface area contributed by atoms with Crippen molar-refractivity contribution >= 4 is 13.9 Å². The van der Waals surface area contributed by atoms with Crippen molar-refractivity contribution in [2.75, 3.05) is 6.61 Å². The van der Waals surface area contributed by atoms with E-state index in [1.54, 1.807) is 43.3 Å². The summed E-state index contributed by atoms with van der Waals surface area (Å²) >= 11 is 0. The molecule has 0 N–H and O–H groups in total. The molecule has 6 nitrogen and oxygen atoms in total. The van der Waals surface area contributed by atoms with E-state index in [4.69, 9.17) is 9.05 Å². The molecule has 0 saturated heterocycles. The molecule has 0 aliphatic heterocycles. The van der Waals surface area contributed by atoms with Gasteiger partial charge in [-0.3, -0.25) is 10.1 Å². The summed E-state index contributed by atoms with van der Waals surface area (Å²) < 4.78 is 21.7. The molecule has 0 aliphatic carbocycles. The lowest BCUT2D eigenvalue weighted by Gasteiger charge is -2.04. The molecule has 21 heavy (non-hydrogen) atoms. The van der Waals surface area contributed by atoms with Gasteiger partial charge in [-0.2, -0.15) is 0 Å². The van der Waals surface area contributed by atoms with E-state index < -0.39 is 13.2 Å². The summed E-state index contributed by atoms with van der Waals surface area (Å²) in [7, 11) is -2.24. The monoisotopic (exact) mass is 306 g/mol. The van der Waals surface area contributed by atoms with Crippen LogP contribution in [-0.2, 0) is 9.09 Å². The number of para-hydroxylation sites is 1. The van der Waals surface area contributed by atoms with Crippen LogP contribution < -0.4 is 4.52 Å². The van der Waals surface area contributed by atoms with Gasteiger partial charge in [-0.15, -0.1) is 4.52 Å². The Morgan fingerprint density at radius 3 is 2.43 bits per heavy atom. The van der Waals surface area contributed by atoms with Gasteiger partial charge in [0, 0.05) is 22.3 Å². The summed E-state index contributed by atoms with van der Waals surface area (Å²) in [4.78, 5) is 10.2. The third-order valence-electron chi connectivity index (χ3n) is 2.68. The molecule has 0 fully saturated rings. The van der Waals surface area contributed by atoms with Crippen LogP contribution in [0.2, 0.25) is 0 Å². The van der Waals surface area contributed by atoms with E-state index >= 15 is 0 Å². The number of hydrogen-bond acceptors (Lipinski definition) is 5. The Morgan fingerprint density at radius 1 is 1.14 bits per heavy atom. The van der Waals surface area contributed by atoms with Crippen molar-refractivity contribution in [3.8, 4) is 16.9 Å². The van der Waals surface area contributed by atoms with E-state index in [1.807, 2.05) is 0 Å². The minimum absolute atomic E-state index is 0.0116. The Bertz CT molecular complexity index is 657. The first-order valence-electron chi connectivity index (χ1n) is 6.24. The summed E-state index contributed by atoms with van der Waals surface area (Å²) in [5.74, 6) is 0.404. The Kier molecular flexibility index (Phi) is 4.98. The second kappa shape index (κ2) is 6.92. The molecule has 0 aromatic heterocycles. The van der Waals surface area contributed by atoms with E-state index in [2.05, 4.69) is 0 Å². The highest BCUT2D eigenvalue weighted by Gasteiger charge is 2.23. The van der Waals surface area contributed by atoms with E-state index in [-0.39, 0.29) is 12.3 Å². The molecule has 2 aromatic carbocycles. The van der Waals surface area contributed by atoms with Gasteiger partial charge in [0.25, 0.3) is 5.69 Å². The number of nitro groups is 1. The Labute approximate surface area is 122 Å². The van der Waals surface area contributed by atoms with Crippen molar-refractivity contribution < 1.29 is 18.5 Å². The number of nitrogens with zero attached hydrogens (tertiary/aromatic N) is 1. The van der Waals surface area contributed by atoms with Crippen molar-refractivity contribution in [1.29, 1.82) is 0 Å². The predicted octanol–water partition coefficient (Wildman–Crippen LogP) is 4.33. The Hall–Kier alpha value is -2.30. The van der Waals surface area contributed by atoms with Crippen LogP contribution in [0.1, 0.15) is 6.92 Å². The smallest absolute Gasteiger partial charge is 0.258 e. The van der Waals surface area contributed by atoms with Crippen LogP contribution in [0.25, 0.3) is 11.1 Å². The second-order valence-electron chi connectivity index (χ2n) is 4.03. The zero-order valence-corrected chi connectivity index (χ0v) is 12.2. The Balaban J connectivity index is 2.31. The van der Waals surface area contributed by atoms with E-state index in [9.17, 15) is 14.7 Å². The summed E-state index contributed by atoms with van der Waals surface area (Å²) in [6.07, 6.45) is 0. The molecule has 108 valence electrons. The summed E-state index contributed by atoms with van der Waals surface area (Å²) in [6, 6.07) is 13.1. The van der Waals surface area contributed by atoms with Gasteiger partial charge in [-0.05, 0) is 30.7 Å². The minimum atomic E-state index is -2.24. The number of hydrogen-bond donors (Lipinski definition) is 0. The lowest BCUT2D eigenvalue weighted by Crippen LogP contribution is -1.90. The van der Waals surface area contributed by atoms with Crippen LogP contribution in [0, 0.1) is 10.1 Å². The topological polar surface area (TPSA) is 78.7 Å². The van der Waals surface area contributed by atoms with Crippen LogP contribution in [0.5, 0.6) is 5.75 Å². The first kappa shape index (κ1) is 15.1. The quantitative estimate of drug-likeness (QED) is 0.451. The molecule has 0 aliphatic rings. The normalized spacial score (nSPS) is 11.0. The van der Waals surface area contributed by atoms with Gasteiger partial charge in [-0.25, -0.2) is 4.52 Å². The summed E-state index contributed by atoms with van der Waals surface area (Å²) in [5.41, 5.74) is 1.43. The maximum Gasteiger partial charge on any atom is 0.750 e. The molecule has 0 amide bonds. The van der Waals surface area contributed by atoms with Gasteiger partial charge in [0.2, 0.25) is 0 Å². The molecular formula is C14H13NO5P+. The van der Waals surface area contributed by atoms with E-state index in [1.165, 1.54) is 12.1 Å². The summed E-state index contributed by atoms with van der Waals surface area (Å²) in [5, 5.41) is 10.7. The van der Waals surface area contributed by atoms with Crippen molar-refractivity contribution in [2.45, 2.75) is 6.92 Å². The standard InChI is InChI=1S/C14H13NO5P/c1-2-19-21(18)20-14-6-4-3-5-13(14)11-7-9-12(10-8-11)15(16)17/h3-10H,2H2,1H3/q+1. The maximum atomic E-state index is 11.6. The van der Waals surface area contributed by atoms with Gasteiger partial charge in [0.15, 0.2) is 5.75 Å². The number of nitro benzene ring substituents is 1. The fraction of sp³-hybridized carbons (Fsp3) is 0.143. The molecule has 0 spiro atoms. The van der Waals surface area contributed by atoms with Crippen LogP contribution in [0.3, 0.4) is 0 Å². The molecule has 0 radical (unpaired) electrons. The average Bonchev–Trinajstić information content (AvgIpc) is 2.48. The summed E-state index contributed by atoms with van der Waals surface area (Å²) in [6.45, 7) is 2.01. The highest BCUT2D eigenvalue weighted by molar-refractivity contribution is 7.33. The first-order chi connectivity index (χ1) is 10.1. The molecule has 7 heteroatoms. The lowest BCUT2D eigenvalue weighted by atomic mass is 10.0. The maximum absolute atomic E-state index is 11.6. The van der Waals surface area contributed by atoms with Gasteiger partial charge in [-0.1, -0.05) is 18.2 Å². The zero-order chi connectivity index (χ0) is 15.2. The molecule has 0 bridgehead atoms. The first-order valence-corrected chi connectivity index (χ1v) is 7.33. The van der Waals surface area contributed by atoms with Gasteiger partial charge >= 0.3 is 8.25 Å². The van der Waals surface area contributed by atoms with E-state index in [0.29, 0.717) is 11.3 Å². The molecule has 2 rings (SSSR count). The average molecular weight is 306 g/mol. The minimum Gasteiger partial charge on any atom is -0.258 e.